The van der Waals surface area contributed by atoms with Crippen molar-refractivity contribution in [3.05, 3.63) is 192 Å². The number of hydrogen-bond donors (Lipinski definition) is 0. The Balaban J connectivity index is 1.19. The van der Waals surface area contributed by atoms with Gasteiger partial charge >= 0.3 is 5.97 Å². The Labute approximate surface area is 346 Å². The van der Waals surface area contributed by atoms with Crippen LogP contribution in [0.25, 0.3) is 0 Å². The van der Waals surface area contributed by atoms with Gasteiger partial charge < -0.3 is 42.6 Å². The third kappa shape index (κ3) is 12.7. The molecule has 0 aromatic heterocycles. The Hall–Kier alpha value is -5.17. The van der Waals surface area contributed by atoms with Crippen molar-refractivity contribution < 1.29 is 47.4 Å². The van der Waals surface area contributed by atoms with Crippen molar-refractivity contribution in [3.63, 3.8) is 0 Å². The number of benzene rings is 5. The summed E-state index contributed by atoms with van der Waals surface area (Å²) in [4.78, 5) is 13.0. The van der Waals surface area contributed by atoms with Crippen molar-refractivity contribution in [1.82, 2.24) is 0 Å². The number of esters is 1. The highest BCUT2D eigenvalue weighted by Crippen LogP contribution is 2.34. The van der Waals surface area contributed by atoms with Crippen molar-refractivity contribution in [2.75, 3.05) is 13.2 Å². The van der Waals surface area contributed by atoms with Gasteiger partial charge in [0, 0.05) is 6.92 Å². The maximum Gasteiger partial charge on any atom is 0.303 e. The molecule has 2 aliphatic heterocycles. The molecule has 7 rings (SSSR count). The largest absolute Gasteiger partial charge is 0.493 e. The molecule has 1 saturated heterocycles. The predicted molar refractivity (Wildman–Crippen MR) is 220 cm³/mol. The van der Waals surface area contributed by atoms with E-state index in [2.05, 4.69) is 0 Å². The molecule has 8 atom stereocenters. The van der Waals surface area contributed by atoms with Crippen LogP contribution >= 0.6 is 0 Å². The standard InChI is InChI=1S/C49H52O10/c1-36(50)57-48-47(56-33-41-25-15-6-16-26-41)46(55-32-40-23-13-5-14-24-40)44(35-52-30-38-19-9-3-10-20-38)58-49(48)59-45-42(54-31-39-21-11-4-12-22-39)27-28-53-43(45)34-51-29-37-17-7-2-8-18-37/h2-28,42-49H,29-35H2,1H3/t42-,43-,44-,45+,46+,47+,48-,49+/m0/s1. The highest BCUT2D eigenvalue weighted by Gasteiger charge is 2.52. The summed E-state index contributed by atoms with van der Waals surface area (Å²) in [5.74, 6) is -0.527. The number of rotatable bonds is 20. The Morgan fingerprint density at radius 3 is 1.39 bits per heavy atom. The van der Waals surface area contributed by atoms with Gasteiger partial charge in [-0.25, -0.2) is 0 Å². The summed E-state index contributed by atoms with van der Waals surface area (Å²) in [5.41, 5.74) is 4.93. The van der Waals surface area contributed by atoms with Crippen molar-refractivity contribution in [3.8, 4) is 0 Å². The van der Waals surface area contributed by atoms with E-state index in [9.17, 15) is 4.79 Å². The van der Waals surface area contributed by atoms with Crippen LogP contribution in [-0.2, 0) is 80.5 Å². The SMILES string of the molecule is CC(=O)O[C@@H]1[C@@H](O[C@@H]2[C@@H](OCc3ccccc3)C=CO[C@H]2COCc2ccccc2)O[C@@H](COCc2ccccc2)[C@@H](OCc2ccccc2)[C@H]1OCc1ccccc1. The zero-order valence-corrected chi connectivity index (χ0v) is 33.2. The van der Waals surface area contributed by atoms with Gasteiger partial charge in [-0.3, -0.25) is 4.79 Å². The molecule has 10 heteroatoms. The smallest absolute Gasteiger partial charge is 0.303 e. The van der Waals surface area contributed by atoms with Crippen LogP contribution in [-0.4, -0.2) is 68.2 Å². The summed E-state index contributed by atoms with van der Waals surface area (Å²) >= 11 is 0. The molecular weight excluding hydrogens is 749 g/mol. The molecule has 1 fully saturated rings. The van der Waals surface area contributed by atoms with Crippen LogP contribution in [0.3, 0.4) is 0 Å². The van der Waals surface area contributed by atoms with E-state index in [4.69, 9.17) is 42.6 Å². The highest BCUT2D eigenvalue weighted by atomic mass is 16.7. The molecule has 308 valence electrons. The molecule has 5 aromatic carbocycles. The fourth-order valence-corrected chi connectivity index (χ4v) is 7.09. The fourth-order valence-electron chi connectivity index (χ4n) is 7.09. The molecule has 59 heavy (non-hydrogen) atoms. The maximum absolute atomic E-state index is 13.0. The zero-order valence-electron chi connectivity index (χ0n) is 33.2. The number of carbonyl (C=O) groups is 1. The molecule has 0 radical (unpaired) electrons. The average Bonchev–Trinajstić information content (AvgIpc) is 3.27. The van der Waals surface area contributed by atoms with E-state index in [0.29, 0.717) is 19.8 Å². The molecular formula is C49H52O10. The number of hydrogen-bond acceptors (Lipinski definition) is 10. The van der Waals surface area contributed by atoms with Gasteiger partial charge in [0.15, 0.2) is 18.5 Å². The van der Waals surface area contributed by atoms with Gasteiger partial charge in [0.25, 0.3) is 0 Å². The minimum absolute atomic E-state index is 0.130. The lowest BCUT2D eigenvalue weighted by Crippen LogP contribution is -2.63. The van der Waals surface area contributed by atoms with Gasteiger partial charge in [-0.15, -0.1) is 0 Å². The summed E-state index contributed by atoms with van der Waals surface area (Å²) in [5, 5.41) is 0. The van der Waals surface area contributed by atoms with E-state index < -0.39 is 55.0 Å². The van der Waals surface area contributed by atoms with E-state index in [-0.39, 0.29) is 26.4 Å². The maximum atomic E-state index is 13.0. The lowest BCUT2D eigenvalue weighted by molar-refractivity contribution is -0.340. The van der Waals surface area contributed by atoms with Crippen LogP contribution < -0.4 is 0 Å². The second-order valence-corrected chi connectivity index (χ2v) is 14.5. The van der Waals surface area contributed by atoms with Crippen LogP contribution in [0.1, 0.15) is 34.7 Å². The van der Waals surface area contributed by atoms with Gasteiger partial charge in [0.1, 0.15) is 30.5 Å². The first kappa shape index (κ1) is 42.0. The van der Waals surface area contributed by atoms with Gasteiger partial charge in [0.2, 0.25) is 0 Å². The number of ether oxygens (including phenoxy) is 9. The first-order valence-corrected chi connectivity index (χ1v) is 20.1. The minimum Gasteiger partial charge on any atom is -0.493 e. The van der Waals surface area contributed by atoms with Crippen molar-refractivity contribution in [2.24, 2.45) is 0 Å². The summed E-state index contributed by atoms with van der Waals surface area (Å²) in [6.45, 7) is 3.18. The Bertz CT molecular complexity index is 1970. The molecule has 0 aliphatic carbocycles. The molecule has 0 unspecified atom stereocenters. The van der Waals surface area contributed by atoms with Crippen LogP contribution in [0.2, 0.25) is 0 Å². The van der Waals surface area contributed by atoms with Crippen molar-refractivity contribution in [2.45, 2.75) is 89.0 Å². The van der Waals surface area contributed by atoms with Crippen LogP contribution in [0.4, 0.5) is 0 Å². The fraction of sp³-hybridized carbons (Fsp3) is 0.327. The van der Waals surface area contributed by atoms with Gasteiger partial charge in [0.05, 0.1) is 52.5 Å². The Morgan fingerprint density at radius 1 is 0.492 bits per heavy atom. The van der Waals surface area contributed by atoms with E-state index in [1.165, 1.54) is 6.92 Å². The minimum atomic E-state index is -1.15. The second-order valence-electron chi connectivity index (χ2n) is 14.5. The summed E-state index contributed by atoms with van der Waals surface area (Å²) in [6, 6.07) is 49.4. The lowest BCUT2D eigenvalue weighted by atomic mass is 9.97. The molecule has 2 heterocycles. The van der Waals surface area contributed by atoms with Gasteiger partial charge in [-0.1, -0.05) is 152 Å². The summed E-state index contributed by atoms with van der Waals surface area (Å²) in [7, 11) is 0. The predicted octanol–water partition coefficient (Wildman–Crippen LogP) is 8.13. The second kappa shape index (κ2) is 22.3. The van der Waals surface area contributed by atoms with Crippen LogP contribution in [0.15, 0.2) is 164 Å². The first-order chi connectivity index (χ1) is 29.1. The van der Waals surface area contributed by atoms with Crippen LogP contribution in [0.5, 0.6) is 0 Å². The quantitative estimate of drug-likeness (QED) is 0.0718. The van der Waals surface area contributed by atoms with Crippen molar-refractivity contribution in [1.29, 1.82) is 0 Å². The van der Waals surface area contributed by atoms with Gasteiger partial charge in [-0.2, -0.15) is 0 Å². The van der Waals surface area contributed by atoms with Gasteiger partial charge in [-0.05, 0) is 33.9 Å². The first-order valence-electron chi connectivity index (χ1n) is 20.1. The lowest BCUT2D eigenvalue weighted by Gasteiger charge is -2.47. The van der Waals surface area contributed by atoms with E-state index in [1.807, 2.05) is 158 Å². The molecule has 5 aromatic rings. The average molecular weight is 801 g/mol. The van der Waals surface area contributed by atoms with E-state index in [0.717, 1.165) is 27.8 Å². The number of carbonyl (C=O) groups excluding carboxylic acids is 1. The summed E-state index contributed by atoms with van der Waals surface area (Å²) < 4.78 is 58.7. The molecule has 10 nitrogen and oxygen atoms in total. The third-order valence-corrected chi connectivity index (χ3v) is 10.0. The summed E-state index contributed by atoms with van der Waals surface area (Å²) in [6.07, 6.45) is -3.03. The molecule has 0 spiro atoms. The monoisotopic (exact) mass is 800 g/mol. The molecule has 0 amide bonds. The Kier molecular flexibility index (Phi) is 15.8. The molecule has 0 N–H and O–H groups in total. The topological polar surface area (TPSA) is 100 Å². The zero-order chi connectivity index (χ0) is 40.5. The van der Waals surface area contributed by atoms with E-state index in [1.54, 1.807) is 6.26 Å². The molecule has 2 aliphatic rings. The van der Waals surface area contributed by atoms with Crippen molar-refractivity contribution >= 4 is 5.97 Å². The third-order valence-electron chi connectivity index (χ3n) is 10.0. The van der Waals surface area contributed by atoms with E-state index >= 15 is 0 Å². The van der Waals surface area contributed by atoms with Crippen LogP contribution in [0, 0.1) is 0 Å². The molecule has 0 saturated carbocycles. The molecule has 0 bridgehead atoms. The highest BCUT2D eigenvalue weighted by molar-refractivity contribution is 5.66. The normalized spacial score (nSPS) is 23.9. The Morgan fingerprint density at radius 2 is 0.915 bits per heavy atom.